The first-order valence-electron chi connectivity index (χ1n) is 9.75. The molecule has 1 atom stereocenters. The number of hydrogen-bond donors (Lipinski definition) is 1. The Kier molecular flexibility index (Phi) is 4.47. The molecule has 1 aliphatic rings. The predicted molar refractivity (Wildman–Crippen MR) is 114 cm³/mol. The van der Waals surface area contributed by atoms with Crippen LogP contribution >= 0.6 is 11.6 Å². The fraction of sp³-hybridized carbons (Fsp3) is 0.217. The Bertz CT molecular complexity index is 1280. The van der Waals surface area contributed by atoms with Crippen LogP contribution < -0.4 is 4.90 Å². The van der Waals surface area contributed by atoms with E-state index in [1.54, 1.807) is 25.3 Å². The van der Waals surface area contributed by atoms with Gasteiger partial charge in [-0.3, -0.25) is 0 Å². The molecular weight excluding hydrogens is 406 g/mol. The fourth-order valence-electron chi connectivity index (χ4n) is 4.25. The highest BCUT2D eigenvalue weighted by Gasteiger charge is 2.35. The summed E-state index contributed by atoms with van der Waals surface area (Å²) in [6.07, 6.45) is 2.39. The van der Waals surface area contributed by atoms with Gasteiger partial charge in [0.15, 0.2) is 11.6 Å². The lowest BCUT2D eigenvalue weighted by Crippen LogP contribution is -2.38. The van der Waals surface area contributed by atoms with Crippen LogP contribution in [-0.2, 0) is 6.42 Å². The molecule has 1 N–H and O–H groups in total. The van der Waals surface area contributed by atoms with Gasteiger partial charge in [0.1, 0.15) is 6.04 Å². The largest absolute Gasteiger partial charge is 0.356 e. The number of aryl methyl sites for hydroxylation is 2. The second-order valence-corrected chi connectivity index (χ2v) is 8.09. The third-order valence-corrected chi connectivity index (χ3v) is 5.96. The van der Waals surface area contributed by atoms with Crippen LogP contribution in [0.5, 0.6) is 0 Å². The van der Waals surface area contributed by atoms with Crippen molar-refractivity contribution >= 4 is 28.5 Å². The zero-order valence-electron chi connectivity index (χ0n) is 16.5. The number of aromatic nitrogens is 3. The molecule has 0 saturated carbocycles. The highest BCUT2D eigenvalue weighted by Crippen LogP contribution is 2.41. The van der Waals surface area contributed by atoms with Crippen LogP contribution in [0.25, 0.3) is 10.9 Å². The quantitative estimate of drug-likeness (QED) is 0.451. The van der Waals surface area contributed by atoms with Crippen LogP contribution in [0, 0.1) is 25.5 Å². The maximum absolute atomic E-state index is 15.2. The van der Waals surface area contributed by atoms with Gasteiger partial charge in [-0.25, -0.2) is 18.7 Å². The number of aromatic amines is 1. The van der Waals surface area contributed by atoms with Gasteiger partial charge in [0.25, 0.3) is 0 Å². The van der Waals surface area contributed by atoms with E-state index in [2.05, 4.69) is 15.0 Å². The van der Waals surface area contributed by atoms with E-state index in [9.17, 15) is 4.39 Å². The molecule has 5 rings (SSSR count). The van der Waals surface area contributed by atoms with Crippen molar-refractivity contribution in [3.8, 4) is 0 Å². The van der Waals surface area contributed by atoms with E-state index >= 15 is 4.39 Å². The van der Waals surface area contributed by atoms with Crippen molar-refractivity contribution in [2.45, 2.75) is 26.3 Å². The number of rotatable bonds is 2. The van der Waals surface area contributed by atoms with Gasteiger partial charge in [-0.2, -0.15) is 0 Å². The maximum Gasteiger partial charge on any atom is 0.226 e. The number of H-pyrrole nitrogens is 1. The maximum atomic E-state index is 15.2. The topological polar surface area (TPSA) is 44.8 Å². The summed E-state index contributed by atoms with van der Waals surface area (Å²) in [4.78, 5) is 14.3. The van der Waals surface area contributed by atoms with Crippen LogP contribution in [0.2, 0.25) is 5.02 Å². The van der Waals surface area contributed by atoms with Gasteiger partial charge in [-0.1, -0.05) is 23.7 Å². The molecule has 0 aliphatic carbocycles. The molecular formula is C23H19ClF2N4. The molecule has 152 valence electrons. The summed E-state index contributed by atoms with van der Waals surface area (Å²) in [5.74, 6) is -1.19. The molecule has 7 heteroatoms. The lowest BCUT2D eigenvalue weighted by atomic mass is 9.91. The van der Waals surface area contributed by atoms with E-state index in [0.29, 0.717) is 23.9 Å². The smallest absolute Gasteiger partial charge is 0.226 e. The molecule has 0 amide bonds. The van der Waals surface area contributed by atoms with Crippen molar-refractivity contribution in [1.82, 2.24) is 15.0 Å². The number of fused-ring (bicyclic) bond motifs is 3. The molecule has 0 fully saturated rings. The first kappa shape index (κ1) is 19.0. The van der Waals surface area contributed by atoms with Gasteiger partial charge in [0, 0.05) is 45.6 Å². The zero-order valence-corrected chi connectivity index (χ0v) is 17.3. The van der Waals surface area contributed by atoms with Crippen molar-refractivity contribution in [2.24, 2.45) is 0 Å². The Morgan fingerprint density at radius 3 is 2.73 bits per heavy atom. The average molecular weight is 425 g/mol. The van der Waals surface area contributed by atoms with Gasteiger partial charge in [0.2, 0.25) is 5.95 Å². The lowest BCUT2D eigenvalue weighted by Gasteiger charge is -2.36. The molecule has 30 heavy (non-hydrogen) atoms. The van der Waals surface area contributed by atoms with Gasteiger partial charge >= 0.3 is 0 Å². The van der Waals surface area contributed by atoms with Gasteiger partial charge < -0.3 is 9.88 Å². The first-order chi connectivity index (χ1) is 14.4. The van der Waals surface area contributed by atoms with E-state index < -0.39 is 17.7 Å². The van der Waals surface area contributed by atoms with E-state index in [4.69, 9.17) is 11.6 Å². The summed E-state index contributed by atoms with van der Waals surface area (Å²) in [6.45, 7) is 4.00. The van der Waals surface area contributed by atoms with Crippen LogP contribution in [0.3, 0.4) is 0 Å². The predicted octanol–water partition coefficient (Wildman–Crippen LogP) is 5.66. The Balaban J connectivity index is 1.77. The Hall–Kier alpha value is -2.99. The Morgan fingerprint density at radius 2 is 1.93 bits per heavy atom. The summed E-state index contributed by atoms with van der Waals surface area (Å²) in [5.41, 5.74) is 4.11. The van der Waals surface area contributed by atoms with E-state index in [-0.39, 0.29) is 11.1 Å². The average Bonchev–Trinajstić information content (AvgIpc) is 3.10. The number of halogens is 3. The SMILES string of the molecule is Cc1ccnc(N2CCc3c([nH]c4ccc(Cl)cc34)C2c2ccc(C)c(F)c2F)n1. The molecule has 4 nitrogen and oxygen atoms in total. The molecule has 1 aliphatic heterocycles. The van der Waals surface area contributed by atoms with Crippen LogP contribution in [0.1, 0.15) is 34.1 Å². The van der Waals surface area contributed by atoms with Crippen molar-refractivity contribution in [3.05, 3.63) is 87.3 Å². The molecule has 2 aromatic carbocycles. The number of nitrogens with zero attached hydrogens (tertiary/aromatic N) is 3. The minimum atomic E-state index is -0.845. The fourth-order valence-corrected chi connectivity index (χ4v) is 4.42. The molecule has 0 spiro atoms. The highest BCUT2D eigenvalue weighted by atomic mass is 35.5. The highest BCUT2D eigenvalue weighted by molar-refractivity contribution is 6.31. The summed E-state index contributed by atoms with van der Waals surface area (Å²) in [6, 6.07) is 10.1. The van der Waals surface area contributed by atoms with Crippen molar-refractivity contribution in [3.63, 3.8) is 0 Å². The number of hydrogen-bond acceptors (Lipinski definition) is 3. The molecule has 3 heterocycles. The van der Waals surface area contributed by atoms with E-state index in [0.717, 1.165) is 27.9 Å². The Labute approximate surface area is 177 Å². The molecule has 2 aromatic heterocycles. The van der Waals surface area contributed by atoms with Crippen molar-refractivity contribution in [2.75, 3.05) is 11.4 Å². The second kappa shape index (κ2) is 7.06. The van der Waals surface area contributed by atoms with Crippen molar-refractivity contribution < 1.29 is 8.78 Å². The zero-order chi connectivity index (χ0) is 21.0. The minimum absolute atomic E-state index is 0.252. The minimum Gasteiger partial charge on any atom is -0.356 e. The molecule has 0 saturated heterocycles. The first-order valence-corrected chi connectivity index (χ1v) is 10.1. The third kappa shape index (κ3) is 2.94. The number of anilines is 1. The third-order valence-electron chi connectivity index (χ3n) is 5.73. The van der Waals surface area contributed by atoms with E-state index in [1.807, 2.05) is 36.1 Å². The lowest BCUT2D eigenvalue weighted by molar-refractivity contribution is 0.481. The molecule has 1 unspecified atom stereocenters. The molecule has 0 bridgehead atoms. The van der Waals surface area contributed by atoms with Gasteiger partial charge in [-0.15, -0.1) is 0 Å². The second-order valence-electron chi connectivity index (χ2n) is 7.65. The van der Waals surface area contributed by atoms with Crippen molar-refractivity contribution in [1.29, 1.82) is 0 Å². The summed E-state index contributed by atoms with van der Waals surface area (Å²) < 4.78 is 29.7. The van der Waals surface area contributed by atoms with Crippen LogP contribution in [-0.4, -0.2) is 21.5 Å². The number of nitrogens with one attached hydrogen (secondary N) is 1. The standard InChI is InChI=1S/C23H19ClF2N4/c1-12-3-5-16(20(26)19(12)25)22-21-15(17-11-14(24)4-6-18(17)29-21)8-10-30(22)23-27-9-7-13(2)28-23/h3-7,9,11,22,29H,8,10H2,1-2H3. The molecule has 0 radical (unpaired) electrons. The van der Waals surface area contributed by atoms with E-state index in [1.165, 1.54) is 0 Å². The Morgan fingerprint density at radius 1 is 1.10 bits per heavy atom. The van der Waals surface area contributed by atoms with Gasteiger partial charge in [-0.05, 0) is 55.7 Å². The van der Waals surface area contributed by atoms with Gasteiger partial charge in [0.05, 0.1) is 0 Å². The number of benzene rings is 2. The normalized spacial score (nSPS) is 16.2. The monoisotopic (exact) mass is 424 g/mol. The van der Waals surface area contributed by atoms with Crippen LogP contribution in [0.15, 0.2) is 42.6 Å². The summed E-state index contributed by atoms with van der Waals surface area (Å²) in [7, 11) is 0. The van der Waals surface area contributed by atoms with Crippen LogP contribution in [0.4, 0.5) is 14.7 Å². The summed E-state index contributed by atoms with van der Waals surface area (Å²) >= 11 is 6.22. The summed E-state index contributed by atoms with van der Waals surface area (Å²) in [5, 5.41) is 1.64. The molecule has 4 aromatic rings.